The van der Waals surface area contributed by atoms with Gasteiger partial charge in [-0.2, -0.15) is 0 Å². The summed E-state index contributed by atoms with van der Waals surface area (Å²) in [5.74, 6) is 0. The number of hydrogen-bond acceptors (Lipinski definition) is 3. The van der Waals surface area contributed by atoms with Crippen molar-refractivity contribution in [3.05, 3.63) is 0 Å². The van der Waals surface area contributed by atoms with E-state index in [1.54, 1.807) is 0 Å². The zero-order valence-electron chi connectivity index (χ0n) is 4.18. The van der Waals surface area contributed by atoms with Gasteiger partial charge >= 0.3 is 40.4 Å². The van der Waals surface area contributed by atoms with Crippen LogP contribution in [0.3, 0.4) is 0 Å². The normalized spacial score (nSPS) is 14.4. The van der Waals surface area contributed by atoms with Gasteiger partial charge in [-0.3, -0.25) is 9.13 Å². The summed E-state index contributed by atoms with van der Waals surface area (Å²) in [6.45, 7) is 0. The van der Waals surface area contributed by atoms with E-state index in [0.29, 0.717) is 0 Å². The molecule has 2 unspecified atom stereocenters. The number of rotatable bonds is 2. The van der Waals surface area contributed by atoms with E-state index < -0.39 is 16.5 Å². The van der Waals surface area contributed by atoms with Crippen LogP contribution in [0.4, 0.5) is 0 Å². The molecule has 0 saturated carbocycles. The zero-order chi connectivity index (χ0) is 5.86. The van der Waals surface area contributed by atoms with Crippen molar-refractivity contribution in [3.8, 4) is 0 Å². The molecule has 9 heteroatoms. The maximum atomic E-state index is 9.44. The van der Waals surface area contributed by atoms with Crippen molar-refractivity contribution in [1.29, 1.82) is 0 Å². The van der Waals surface area contributed by atoms with Gasteiger partial charge in [0.05, 0.1) is 0 Å². The minimum absolute atomic E-state index is 0. The Morgan fingerprint density at radius 2 is 1.33 bits per heavy atom. The minimum atomic E-state index is -3.20. The Morgan fingerprint density at radius 1 is 1.11 bits per heavy atom. The Balaban J connectivity index is -0.000000180. The first kappa shape index (κ1) is 17.5. The van der Waals surface area contributed by atoms with Crippen LogP contribution in [0.1, 0.15) is 0 Å². The average molecular weight is 424 g/mol. The predicted octanol–water partition coefficient (Wildman–Crippen LogP) is -1.15. The molecule has 0 aromatic heterocycles. The van der Waals surface area contributed by atoms with Gasteiger partial charge in [0, 0.05) is 39.9 Å². The van der Waals surface area contributed by atoms with E-state index in [2.05, 4.69) is 4.31 Å². The fourth-order valence-electron chi connectivity index (χ4n) is 0.0747. The van der Waals surface area contributed by atoms with Crippen molar-refractivity contribution >= 4 is 40.4 Å². The third-order valence-electron chi connectivity index (χ3n) is 0.175. The summed E-state index contributed by atoms with van der Waals surface area (Å²) in [6.07, 6.45) is 0. The summed E-state index contributed by atoms with van der Waals surface area (Å²) < 4.78 is 22.3. The Kier molecular flexibility index (Phi) is 20.4. The van der Waals surface area contributed by atoms with E-state index in [4.69, 9.17) is 9.79 Å². The Bertz CT molecular complexity index is 91.1. The first-order valence-corrected chi connectivity index (χ1v) is 3.79. The van der Waals surface area contributed by atoms with E-state index >= 15 is 0 Å². The first-order valence-electron chi connectivity index (χ1n) is 1.26. The summed E-state index contributed by atoms with van der Waals surface area (Å²) >= 11 is 0. The summed E-state index contributed by atoms with van der Waals surface area (Å²) in [5.41, 5.74) is 0. The Hall–Kier alpha value is 2.46. The van der Waals surface area contributed by atoms with Crippen molar-refractivity contribution in [2.75, 3.05) is 0 Å². The molecule has 58 valence electrons. The zero-order valence-corrected chi connectivity index (χ0v) is 12.5. The van der Waals surface area contributed by atoms with Crippen molar-refractivity contribution in [2.24, 2.45) is 0 Å². The molecule has 0 heterocycles. The van der Waals surface area contributed by atoms with Gasteiger partial charge in [-0.1, -0.05) is 0 Å². The van der Waals surface area contributed by atoms with Crippen molar-refractivity contribution in [3.63, 3.8) is 0 Å². The van der Waals surface area contributed by atoms with Crippen molar-refractivity contribution in [1.82, 2.24) is 0 Å². The van der Waals surface area contributed by atoms with E-state index in [1.165, 1.54) is 0 Å². The molecule has 0 spiro atoms. The average Bonchev–Trinajstić information content (AvgIpc) is 1.27. The van der Waals surface area contributed by atoms with Crippen LogP contribution < -0.4 is 0 Å². The molecule has 0 aromatic rings. The summed E-state index contributed by atoms with van der Waals surface area (Å²) in [7, 11) is -6.40. The van der Waals surface area contributed by atoms with Gasteiger partial charge in [-0.15, -0.1) is 0 Å². The Labute approximate surface area is 102 Å². The van der Waals surface area contributed by atoms with Gasteiger partial charge in [0.15, 0.2) is 0 Å². The molecule has 0 amide bonds. The van der Waals surface area contributed by atoms with Crippen LogP contribution in [0.25, 0.3) is 0 Å². The van der Waals surface area contributed by atoms with Crippen LogP contribution in [0.2, 0.25) is 0 Å². The van der Waals surface area contributed by atoms with Gasteiger partial charge in [0.1, 0.15) is 0 Å². The molecular formula is H6GdO5P2Sn. The van der Waals surface area contributed by atoms with Gasteiger partial charge in [-0.05, 0) is 0 Å². The second-order valence-corrected chi connectivity index (χ2v) is 2.51. The first-order chi connectivity index (χ1) is 3.13. The van der Waals surface area contributed by atoms with Gasteiger partial charge in [-0.25, -0.2) is 4.31 Å². The Morgan fingerprint density at radius 3 is 1.33 bits per heavy atom. The molecule has 2 radical (unpaired) electrons. The molecule has 0 bridgehead atoms. The van der Waals surface area contributed by atoms with Crippen LogP contribution in [-0.2, 0) is 13.4 Å². The second kappa shape index (κ2) is 10.5. The summed E-state index contributed by atoms with van der Waals surface area (Å²) in [6, 6.07) is 0. The summed E-state index contributed by atoms with van der Waals surface area (Å²) in [5, 5.41) is 0. The molecule has 2 N–H and O–H groups in total. The van der Waals surface area contributed by atoms with Crippen molar-refractivity contribution in [2.45, 2.75) is 0 Å². The molecule has 0 aliphatic rings. The molecule has 0 aromatic carbocycles. The molecular weight excluding hydrogens is 418 g/mol. The second-order valence-electron chi connectivity index (χ2n) is 0.634. The SMILES string of the molecule is O=[PH](O)O[PH](=O)O.[Gd].[SnH2]. The number of hydrogen-bond donors (Lipinski definition) is 2. The fraction of sp³-hybridized carbons (Fsp3) is 0. The topological polar surface area (TPSA) is 83.8 Å². The third kappa shape index (κ3) is 17.9. The molecule has 0 fully saturated rings. The molecule has 0 rings (SSSR count). The summed E-state index contributed by atoms with van der Waals surface area (Å²) in [4.78, 5) is 15.4. The molecule has 0 saturated heterocycles. The molecule has 5 nitrogen and oxygen atoms in total. The molecule has 0 aliphatic heterocycles. The van der Waals surface area contributed by atoms with Crippen LogP contribution >= 0.6 is 16.5 Å². The van der Waals surface area contributed by atoms with E-state index in [1.807, 2.05) is 0 Å². The van der Waals surface area contributed by atoms with Crippen LogP contribution in [0, 0.1) is 39.9 Å². The van der Waals surface area contributed by atoms with Crippen molar-refractivity contribution < 1.29 is 63.2 Å². The van der Waals surface area contributed by atoms with E-state index in [9.17, 15) is 9.13 Å². The molecule has 9 heavy (non-hydrogen) atoms. The van der Waals surface area contributed by atoms with E-state index in [0.717, 1.165) is 0 Å². The van der Waals surface area contributed by atoms with Crippen LogP contribution in [0.15, 0.2) is 0 Å². The molecule has 2 atom stereocenters. The van der Waals surface area contributed by atoms with Crippen LogP contribution in [0.5, 0.6) is 0 Å². The van der Waals surface area contributed by atoms with Gasteiger partial charge in [0.2, 0.25) is 0 Å². The van der Waals surface area contributed by atoms with Crippen LogP contribution in [-0.4, -0.2) is 33.7 Å². The standard InChI is InChI=1S/Gd.H4O5P2.Sn.2H/c;1-6(2)5-7(3)4;;;/h;6-7H,(H,1,2)(H,3,4);;;. The maximum absolute atomic E-state index is 9.44. The van der Waals surface area contributed by atoms with Gasteiger partial charge < -0.3 is 9.79 Å². The predicted molar refractivity (Wildman–Crippen MR) is 32.1 cm³/mol. The quantitative estimate of drug-likeness (QED) is 0.433. The molecule has 0 aliphatic carbocycles. The fourth-order valence-corrected chi connectivity index (χ4v) is 0.672. The van der Waals surface area contributed by atoms with Gasteiger partial charge in [0.25, 0.3) is 0 Å². The van der Waals surface area contributed by atoms with E-state index in [-0.39, 0.29) is 63.8 Å². The monoisotopic (exact) mass is 426 g/mol. The third-order valence-corrected chi connectivity index (χ3v) is 1.57.